The van der Waals surface area contributed by atoms with Gasteiger partial charge >= 0.3 is 0 Å². The monoisotopic (exact) mass is 481 g/mol. The minimum absolute atomic E-state index is 0.0402. The van der Waals surface area contributed by atoms with Crippen LogP contribution >= 0.6 is 0 Å². The summed E-state index contributed by atoms with van der Waals surface area (Å²) in [5.41, 5.74) is 5.18. The maximum absolute atomic E-state index is 12.2. The molecular formula is C25H27N3O5S. The highest BCUT2D eigenvalue weighted by Crippen LogP contribution is 2.37. The van der Waals surface area contributed by atoms with Crippen LogP contribution in [-0.2, 0) is 21.2 Å². The van der Waals surface area contributed by atoms with Crippen LogP contribution in [0.3, 0.4) is 0 Å². The minimum atomic E-state index is -3.77. The molecule has 1 aliphatic rings. The Labute approximate surface area is 198 Å². The summed E-state index contributed by atoms with van der Waals surface area (Å²) in [6, 6.07) is 13.8. The predicted molar refractivity (Wildman–Crippen MR) is 129 cm³/mol. The Morgan fingerprint density at radius 3 is 2.56 bits per heavy atom. The van der Waals surface area contributed by atoms with Crippen LogP contribution in [0, 0.1) is 23.7 Å². The van der Waals surface area contributed by atoms with Crippen LogP contribution in [0.5, 0.6) is 0 Å². The molecule has 1 heterocycles. The number of fused-ring (bicyclic) bond motifs is 1. The lowest BCUT2D eigenvalue weighted by Crippen LogP contribution is -2.49. The lowest BCUT2D eigenvalue weighted by atomic mass is 10.0. The van der Waals surface area contributed by atoms with Gasteiger partial charge in [0.2, 0.25) is 0 Å². The fourth-order valence-electron chi connectivity index (χ4n) is 3.83. The van der Waals surface area contributed by atoms with Gasteiger partial charge in [0.15, 0.2) is 14.6 Å². The molecule has 4 rings (SSSR count). The Hall–Kier alpha value is -3.19. The first-order valence-corrected chi connectivity index (χ1v) is 12.9. The van der Waals surface area contributed by atoms with Crippen molar-refractivity contribution in [2.75, 3.05) is 12.9 Å². The Morgan fingerprint density at radius 1 is 1.24 bits per heavy atom. The van der Waals surface area contributed by atoms with Crippen molar-refractivity contribution in [3.8, 4) is 23.0 Å². The van der Waals surface area contributed by atoms with Gasteiger partial charge in [0.05, 0.1) is 5.52 Å². The smallest absolute Gasteiger partial charge is 0.264 e. The van der Waals surface area contributed by atoms with E-state index in [0.29, 0.717) is 11.8 Å². The van der Waals surface area contributed by atoms with Crippen molar-refractivity contribution >= 4 is 26.6 Å². The average molecular weight is 482 g/mol. The van der Waals surface area contributed by atoms with Gasteiger partial charge < -0.3 is 5.11 Å². The molecule has 8 nitrogen and oxygen atoms in total. The van der Waals surface area contributed by atoms with Crippen LogP contribution in [0.1, 0.15) is 25.3 Å². The summed E-state index contributed by atoms with van der Waals surface area (Å²) in [6.07, 6.45) is 3.72. The van der Waals surface area contributed by atoms with Crippen LogP contribution < -0.4 is 5.48 Å². The average Bonchev–Trinajstić information content (AvgIpc) is 3.47. The van der Waals surface area contributed by atoms with Gasteiger partial charge in [-0.3, -0.25) is 14.7 Å². The third-order valence-corrected chi connectivity index (χ3v) is 8.57. The Bertz CT molecular complexity index is 1390. The van der Waals surface area contributed by atoms with E-state index >= 15 is 0 Å². The second kappa shape index (κ2) is 9.22. The summed E-state index contributed by atoms with van der Waals surface area (Å²) in [5, 5.41) is 23.5. The van der Waals surface area contributed by atoms with Gasteiger partial charge in [0, 0.05) is 42.5 Å². The molecule has 0 aliphatic heterocycles. The van der Waals surface area contributed by atoms with E-state index in [1.165, 1.54) is 12.4 Å². The lowest BCUT2D eigenvalue weighted by molar-refractivity contribution is -0.131. The van der Waals surface area contributed by atoms with E-state index in [4.69, 9.17) is 10.3 Å². The number of hydrogen-bond acceptors (Lipinski definition) is 6. The molecule has 0 unspecified atom stereocenters. The molecule has 1 aromatic heterocycles. The van der Waals surface area contributed by atoms with Crippen LogP contribution in [0.15, 0.2) is 48.7 Å². The fraction of sp³-hybridized carbons (Fsp3) is 0.360. The van der Waals surface area contributed by atoms with Gasteiger partial charge in [-0.1, -0.05) is 30.0 Å². The molecule has 0 saturated heterocycles. The van der Waals surface area contributed by atoms with Gasteiger partial charge in [0.1, 0.15) is 0 Å². The number of aromatic nitrogens is 2. The number of aryl methyl sites for hydroxylation is 1. The number of hydroxylamine groups is 1. The number of hydrogen-bond donors (Lipinski definition) is 3. The maximum Gasteiger partial charge on any atom is 0.264 e. The number of carbonyl (C=O) groups excluding carboxylic acids is 1. The van der Waals surface area contributed by atoms with E-state index in [2.05, 4.69) is 16.9 Å². The van der Waals surface area contributed by atoms with E-state index in [1.807, 2.05) is 48.7 Å². The predicted octanol–water partition coefficient (Wildman–Crippen LogP) is 2.38. The number of nitrogens with one attached hydrogen (secondary N) is 1. The van der Waals surface area contributed by atoms with Crippen molar-refractivity contribution in [3.63, 3.8) is 0 Å². The number of rotatable bonds is 7. The fourth-order valence-corrected chi connectivity index (χ4v) is 4.68. The molecule has 1 amide bonds. The SMILES string of the molecule is C[C@@](CCn1cc2cc(-c3ccc(C#C[C@H]4C[C@@H]4CO)cc3)ccc2n1)(C(=O)NO)S(C)(=O)=O. The molecule has 1 aliphatic carbocycles. The van der Waals surface area contributed by atoms with Crippen molar-refractivity contribution in [2.45, 2.75) is 31.1 Å². The number of aliphatic hydroxyl groups excluding tert-OH is 1. The molecular weight excluding hydrogens is 454 g/mol. The van der Waals surface area contributed by atoms with Crippen LogP contribution in [0.2, 0.25) is 0 Å². The topological polar surface area (TPSA) is 122 Å². The van der Waals surface area contributed by atoms with E-state index in [-0.39, 0.29) is 19.6 Å². The summed E-state index contributed by atoms with van der Waals surface area (Å²) < 4.78 is 24.2. The van der Waals surface area contributed by atoms with Crippen molar-refractivity contribution in [1.29, 1.82) is 0 Å². The number of sulfone groups is 1. The molecule has 0 spiro atoms. The molecule has 3 N–H and O–H groups in total. The lowest BCUT2D eigenvalue weighted by Gasteiger charge is -2.24. The Balaban J connectivity index is 1.49. The molecule has 3 atom stereocenters. The molecule has 34 heavy (non-hydrogen) atoms. The number of aliphatic hydroxyl groups is 1. The molecule has 2 aromatic carbocycles. The van der Waals surface area contributed by atoms with Crippen molar-refractivity contribution in [2.24, 2.45) is 11.8 Å². The van der Waals surface area contributed by atoms with Crippen molar-refractivity contribution in [3.05, 3.63) is 54.2 Å². The molecule has 9 heteroatoms. The van der Waals surface area contributed by atoms with E-state index in [9.17, 15) is 13.2 Å². The summed E-state index contributed by atoms with van der Waals surface area (Å²) in [7, 11) is -3.77. The van der Waals surface area contributed by atoms with Crippen LogP contribution in [0.25, 0.3) is 22.0 Å². The third-order valence-electron chi connectivity index (χ3n) is 6.55. The zero-order chi connectivity index (χ0) is 24.5. The molecule has 3 aromatic rings. The normalized spacial score (nSPS) is 19.2. The Morgan fingerprint density at radius 2 is 1.94 bits per heavy atom. The minimum Gasteiger partial charge on any atom is -0.396 e. The van der Waals surface area contributed by atoms with Gasteiger partial charge in [0.25, 0.3) is 5.91 Å². The quantitative estimate of drug-likeness (QED) is 0.271. The van der Waals surface area contributed by atoms with Gasteiger partial charge in [-0.25, -0.2) is 13.9 Å². The maximum atomic E-state index is 12.2. The largest absolute Gasteiger partial charge is 0.396 e. The molecule has 178 valence electrons. The highest BCUT2D eigenvalue weighted by molar-refractivity contribution is 7.92. The molecule has 1 fully saturated rings. The number of nitrogens with zero attached hydrogens (tertiary/aromatic N) is 2. The van der Waals surface area contributed by atoms with Gasteiger partial charge in [-0.2, -0.15) is 5.10 Å². The van der Waals surface area contributed by atoms with E-state index in [0.717, 1.165) is 40.3 Å². The first-order chi connectivity index (χ1) is 16.1. The zero-order valence-electron chi connectivity index (χ0n) is 19.0. The Kier molecular flexibility index (Phi) is 6.49. The van der Waals surface area contributed by atoms with E-state index in [1.54, 1.807) is 4.68 Å². The first kappa shape index (κ1) is 24.0. The van der Waals surface area contributed by atoms with Crippen molar-refractivity contribution in [1.82, 2.24) is 15.3 Å². The van der Waals surface area contributed by atoms with E-state index < -0.39 is 20.5 Å². The van der Waals surface area contributed by atoms with Gasteiger partial charge in [-0.05, 0) is 61.1 Å². The summed E-state index contributed by atoms with van der Waals surface area (Å²) in [6.45, 7) is 1.68. The summed E-state index contributed by atoms with van der Waals surface area (Å²) in [4.78, 5) is 12.0. The standard InChI is InChI=1S/C25H27N3O5S/c1-25(24(30)27-31,34(2,32)33)11-12-28-15-21-13-19(9-10-23(21)26-28)18-6-3-17(4-7-18)5-8-20-14-22(20)16-29/h3-4,6-7,9-10,13,15,20,22,29,31H,11-12,14,16H2,1-2H3,(H,27,30)/t20-,22+,25+/m0/s1. The van der Waals surface area contributed by atoms with Crippen LogP contribution in [-0.4, -0.2) is 52.0 Å². The second-order valence-corrected chi connectivity index (χ2v) is 11.4. The second-order valence-electron chi connectivity index (χ2n) is 8.99. The number of benzene rings is 2. The molecule has 0 radical (unpaired) electrons. The van der Waals surface area contributed by atoms with Gasteiger partial charge in [-0.15, -0.1) is 0 Å². The number of amides is 1. The molecule has 0 bridgehead atoms. The van der Waals surface area contributed by atoms with Crippen LogP contribution in [0.4, 0.5) is 0 Å². The number of carbonyl (C=O) groups is 1. The van der Waals surface area contributed by atoms with Crippen molar-refractivity contribution < 1.29 is 23.5 Å². The highest BCUT2D eigenvalue weighted by atomic mass is 32.2. The molecule has 1 saturated carbocycles. The first-order valence-electron chi connectivity index (χ1n) is 11.0. The highest BCUT2D eigenvalue weighted by Gasteiger charge is 2.43. The third kappa shape index (κ3) is 4.85. The zero-order valence-corrected chi connectivity index (χ0v) is 19.8. The summed E-state index contributed by atoms with van der Waals surface area (Å²) >= 11 is 0. The summed E-state index contributed by atoms with van der Waals surface area (Å²) in [5.74, 6) is 6.04.